The van der Waals surface area contributed by atoms with Crippen molar-refractivity contribution in [3.8, 4) is 11.4 Å². The molecular weight excluding hydrogens is 306 g/mol. The molecule has 1 N–H and O–H groups in total. The van der Waals surface area contributed by atoms with Gasteiger partial charge in [0, 0.05) is 17.7 Å². The molecule has 0 radical (unpaired) electrons. The topological polar surface area (TPSA) is 99.0 Å². The fraction of sp³-hybridized carbons (Fsp3) is 0.0769. The van der Waals surface area contributed by atoms with Crippen molar-refractivity contribution >= 4 is 17.4 Å². The molecule has 0 fully saturated rings. The first kappa shape index (κ1) is 12.9. The molecule has 4 rings (SSSR count). The zero-order valence-electron chi connectivity index (χ0n) is 11.0. The number of nitrogens with one attached hydrogen (secondary N) is 1. The van der Waals surface area contributed by atoms with Crippen LogP contribution < -0.4 is 5.43 Å². The average Bonchev–Trinajstić information content (AvgIpc) is 3.23. The van der Waals surface area contributed by atoms with Crippen LogP contribution in [0.25, 0.3) is 11.4 Å². The zero-order valence-corrected chi connectivity index (χ0v) is 11.9. The van der Waals surface area contributed by atoms with Gasteiger partial charge in [0.25, 0.3) is 5.69 Å². The molecule has 1 aromatic carbocycles. The summed E-state index contributed by atoms with van der Waals surface area (Å²) in [5.41, 5.74) is 4.04. The number of nitro groups is 1. The summed E-state index contributed by atoms with van der Waals surface area (Å²) in [5, 5.41) is 19.6. The van der Waals surface area contributed by atoms with Crippen molar-refractivity contribution in [2.24, 2.45) is 0 Å². The standard InChI is InChI=1S/C13H9N5O3S/c19-18(20)9-5-3-8(4-6-9)11-14-15-13-17(11)16-12(22-13)10-2-1-7-21-10/h1-7,12,16H/t12-/m0/s1. The number of rotatable bonds is 3. The van der Waals surface area contributed by atoms with Crippen LogP contribution in [-0.4, -0.2) is 19.8 Å². The molecule has 2 aromatic heterocycles. The summed E-state index contributed by atoms with van der Waals surface area (Å²) in [4.78, 5) is 10.3. The van der Waals surface area contributed by atoms with E-state index in [9.17, 15) is 10.1 Å². The Balaban J connectivity index is 1.65. The molecule has 0 amide bonds. The molecule has 0 unspecified atom stereocenters. The fourth-order valence-electron chi connectivity index (χ4n) is 2.19. The molecule has 0 saturated heterocycles. The van der Waals surface area contributed by atoms with E-state index in [2.05, 4.69) is 15.6 Å². The van der Waals surface area contributed by atoms with E-state index >= 15 is 0 Å². The second kappa shape index (κ2) is 4.88. The molecule has 0 aliphatic carbocycles. The second-order valence-electron chi connectivity index (χ2n) is 4.59. The number of furan rings is 1. The first-order chi connectivity index (χ1) is 10.7. The lowest BCUT2D eigenvalue weighted by Crippen LogP contribution is -2.13. The van der Waals surface area contributed by atoms with Crippen molar-refractivity contribution in [1.82, 2.24) is 14.9 Å². The minimum atomic E-state index is -0.431. The van der Waals surface area contributed by atoms with Gasteiger partial charge in [-0.1, -0.05) is 0 Å². The molecule has 0 bridgehead atoms. The Labute approximate surface area is 128 Å². The van der Waals surface area contributed by atoms with E-state index in [-0.39, 0.29) is 11.1 Å². The van der Waals surface area contributed by atoms with Gasteiger partial charge < -0.3 is 9.84 Å². The van der Waals surface area contributed by atoms with E-state index in [4.69, 9.17) is 4.42 Å². The van der Waals surface area contributed by atoms with Crippen LogP contribution in [0.2, 0.25) is 0 Å². The Morgan fingerprint density at radius 2 is 2.09 bits per heavy atom. The highest BCUT2D eigenvalue weighted by Gasteiger charge is 2.29. The lowest BCUT2D eigenvalue weighted by molar-refractivity contribution is -0.384. The Morgan fingerprint density at radius 1 is 1.27 bits per heavy atom. The molecule has 9 heteroatoms. The first-order valence-corrected chi connectivity index (χ1v) is 7.27. The zero-order chi connectivity index (χ0) is 15.1. The summed E-state index contributed by atoms with van der Waals surface area (Å²) in [6, 6.07) is 9.92. The third-order valence-electron chi connectivity index (χ3n) is 3.24. The Hall–Kier alpha value is -2.81. The molecular formula is C13H9N5O3S. The van der Waals surface area contributed by atoms with Crippen molar-refractivity contribution in [3.63, 3.8) is 0 Å². The number of nitro benzene ring substituents is 1. The van der Waals surface area contributed by atoms with Crippen LogP contribution >= 0.6 is 11.8 Å². The summed E-state index contributed by atoms with van der Waals surface area (Å²) < 4.78 is 7.15. The molecule has 1 aliphatic heterocycles. The molecule has 8 nitrogen and oxygen atoms in total. The van der Waals surface area contributed by atoms with E-state index < -0.39 is 4.92 Å². The van der Waals surface area contributed by atoms with Crippen LogP contribution in [0.5, 0.6) is 0 Å². The number of aromatic nitrogens is 3. The van der Waals surface area contributed by atoms with Crippen LogP contribution in [0.4, 0.5) is 5.69 Å². The number of hydrogen-bond donors (Lipinski definition) is 1. The van der Waals surface area contributed by atoms with Gasteiger partial charge in [-0.05, 0) is 36.0 Å². The lowest BCUT2D eigenvalue weighted by Gasteiger charge is -2.09. The molecule has 1 atom stereocenters. The quantitative estimate of drug-likeness (QED) is 0.586. The molecule has 0 saturated carbocycles. The molecule has 1 aliphatic rings. The van der Waals surface area contributed by atoms with E-state index in [1.807, 2.05) is 12.1 Å². The summed E-state index contributed by atoms with van der Waals surface area (Å²) >= 11 is 1.49. The smallest absolute Gasteiger partial charge is 0.269 e. The van der Waals surface area contributed by atoms with Crippen molar-refractivity contribution < 1.29 is 9.34 Å². The monoisotopic (exact) mass is 315 g/mol. The van der Waals surface area contributed by atoms with E-state index in [1.165, 1.54) is 23.9 Å². The van der Waals surface area contributed by atoms with Gasteiger partial charge in [0.15, 0.2) is 11.2 Å². The highest BCUT2D eigenvalue weighted by atomic mass is 32.2. The third-order valence-corrected chi connectivity index (χ3v) is 4.29. The maximum atomic E-state index is 10.7. The van der Waals surface area contributed by atoms with Gasteiger partial charge in [0.2, 0.25) is 5.16 Å². The summed E-state index contributed by atoms with van der Waals surface area (Å²) in [5.74, 6) is 1.40. The summed E-state index contributed by atoms with van der Waals surface area (Å²) in [7, 11) is 0. The Bertz CT molecular complexity index is 828. The molecule has 3 aromatic rings. The van der Waals surface area contributed by atoms with Crippen LogP contribution in [0.3, 0.4) is 0 Å². The molecule has 22 heavy (non-hydrogen) atoms. The molecule has 3 heterocycles. The molecule has 110 valence electrons. The summed E-state index contributed by atoms with van der Waals surface area (Å²) in [6.45, 7) is 0. The fourth-order valence-corrected chi connectivity index (χ4v) is 3.14. The highest BCUT2D eigenvalue weighted by molar-refractivity contribution is 7.99. The van der Waals surface area contributed by atoms with Crippen LogP contribution in [0.1, 0.15) is 11.1 Å². The van der Waals surface area contributed by atoms with E-state index in [0.29, 0.717) is 5.82 Å². The van der Waals surface area contributed by atoms with Gasteiger partial charge in [-0.3, -0.25) is 10.1 Å². The number of thioether (sulfide) groups is 1. The minimum Gasteiger partial charge on any atom is -0.466 e. The predicted octanol–water partition coefficient (Wildman–Crippen LogP) is 2.79. The van der Waals surface area contributed by atoms with Gasteiger partial charge in [0.1, 0.15) is 5.76 Å². The largest absolute Gasteiger partial charge is 0.466 e. The SMILES string of the molecule is O=[N+]([O-])c1ccc(-c2nnc3n2N[C@H](c2ccco2)S3)cc1. The second-order valence-corrected chi connectivity index (χ2v) is 5.66. The van der Waals surface area contributed by atoms with Crippen molar-refractivity contribution in [3.05, 3.63) is 58.5 Å². The maximum Gasteiger partial charge on any atom is 0.269 e. The number of fused-ring (bicyclic) bond motifs is 1. The van der Waals surface area contributed by atoms with Crippen LogP contribution in [0.15, 0.2) is 52.2 Å². The number of hydrogen-bond acceptors (Lipinski definition) is 7. The Morgan fingerprint density at radius 3 is 2.77 bits per heavy atom. The third kappa shape index (κ3) is 2.02. The first-order valence-electron chi connectivity index (χ1n) is 6.39. The van der Waals surface area contributed by atoms with E-state index in [0.717, 1.165) is 16.5 Å². The van der Waals surface area contributed by atoms with Crippen molar-refractivity contribution in [2.45, 2.75) is 10.5 Å². The van der Waals surface area contributed by atoms with Gasteiger partial charge in [-0.25, -0.2) is 4.68 Å². The van der Waals surface area contributed by atoms with Gasteiger partial charge >= 0.3 is 0 Å². The predicted molar refractivity (Wildman–Crippen MR) is 78.8 cm³/mol. The van der Waals surface area contributed by atoms with Crippen molar-refractivity contribution in [1.29, 1.82) is 0 Å². The Kier molecular flexibility index (Phi) is 2.86. The number of nitrogens with zero attached hydrogens (tertiary/aromatic N) is 4. The average molecular weight is 315 g/mol. The van der Waals surface area contributed by atoms with Crippen molar-refractivity contribution in [2.75, 3.05) is 5.43 Å². The van der Waals surface area contributed by atoms with E-state index in [1.54, 1.807) is 23.1 Å². The maximum absolute atomic E-state index is 10.7. The lowest BCUT2D eigenvalue weighted by atomic mass is 10.2. The number of benzene rings is 1. The minimum absolute atomic E-state index is 0.0423. The van der Waals surface area contributed by atoms with Crippen LogP contribution in [-0.2, 0) is 0 Å². The van der Waals surface area contributed by atoms with Gasteiger partial charge in [-0.15, -0.1) is 10.2 Å². The molecule has 0 spiro atoms. The normalized spacial score (nSPS) is 16.3. The summed E-state index contributed by atoms with van der Waals surface area (Å²) in [6.07, 6.45) is 1.62. The van der Waals surface area contributed by atoms with Gasteiger partial charge in [0.05, 0.1) is 11.2 Å². The van der Waals surface area contributed by atoms with Crippen LogP contribution in [0, 0.1) is 10.1 Å². The number of non-ortho nitro benzene ring substituents is 1. The van der Waals surface area contributed by atoms with Gasteiger partial charge in [-0.2, -0.15) is 0 Å². The highest BCUT2D eigenvalue weighted by Crippen LogP contribution is 2.40.